The first-order valence-corrected chi connectivity index (χ1v) is 5.19. The van der Waals surface area contributed by atoms with Gasteiger partial charge in [-0.1, -0.05) is 6.07 Å². The van der Waals surface area contributed by atoms with E-state index in [2.05, 4.69) is 15.3 Å². The van der Waals surface area contributed by atoms with Crippen LogP contribution in [0.25, 0.3) is 0 Å². The first-order chi connectivity index (χ1) is 8.61. The zero-order valence-corrected chi connectivity index (χ0v) is 9.61. The molecule has 0 aliphatic heterocycles. The van der Waals surface area contributed by atoms with E-state index in [4.69, 9.17) is 5.41 Å². The lowest BCUT2D eigenvalue weighted by molar-refractivity contribution is 0.451. The van der Waals surface area contributed by atoms with Gasteiger partial charge in [0.1, 0.15) is 18.0 Å². The van der Waals surface area contributed by atoms with Crippen molar-refractivity contribution in [3.8, 4) is 5.88 Å². The molecule has 6 heteroatoms. The minimum Gasteiger partial charge on any atom is -0.493 e. The molecular weight excluding hydrogens is 235 g/mol. The Hall–Kier alpha value is -2.50. The largest absolute Gasteiger partial charge is 0.493 e. The first-order valence-electron chi connectivity index (χ1n) is 5.19. The van der Waals surface area contributed by atoms with Crippen LogP contribution in [-0.4, -0.2) is 21.3 Å². The first kappa shape index (κ1) is 12.0. The molecule has 0 spiro atoms. The number of anilines is 2. The maximum absolute atomic E-state index is 13.6. The third-order valence-corrected chi connectivity index (χ3v) is 2.38. The van der Waals surface area contributed by atoms with Gasteiger partial charge in [0.2, 0.25) is 5.88 Å². The highest BCUT2D eigenvalue weighted by atomic mass is 19.1. The van der Waals surface area contributed by atoms with Crippen molar-refractivity contribution in [3.05, 3.63) is 41.5 Å². The number of aryl methyl sites for hydroxylation is 1. The van der Waals surface area contributed by atoms with E-state index in [9.17, 15) is 9.50 Å². The number of hydrogen-bond acceptors (Lipinski definition) is 5. The van der Waals surface area contributed by atoms with E-state index in [1.165, 1.54) is 6.07 Å². The number of aromatic nitrogens is 2. The van der Waals surface area contributed by atoms with Gasteiger partial charge in [0, 0.05) is 6.21 Å². The molecule has 0 bridgehead atoms. The Morgan fingerprint density at radius 3 is 2.83 bits per heavy atom. The Morgan fingerprint density at radius 1 is 1.39 bits per heavy atom. The van der Waals surface area contributed by atoms with Gasteiger partial charge in [-0.15, -0.1) is 0 Å². The van der Waals surface area contributed by atoms with Gasteiger partial charge in [-0.05, 0) is 24.6 Å². The Bertz CT molecular complexity index is 601. The number of halogens is 1. The summed E-state index contributed by atoms with van der Waals surface area (Å²) in [6, 6.07) is 4.70. The lowest BCUT2D eigenvalue weighted by Crippen LogP contribution is -2.01. The minimum atomic E-state index is -0.427. The Balaban J connectivity index is 2.40. The van der Waals surface area contributed by atoms with Crippen LogP contribution < -0.4 is 5.32 Å². The van der Waals surface area contributed by atoms with Crippen LogP contribution in [0.1, 0.15) is 11.1 Å². The fraction of sp³-hybridized carbons (Fsp3) is 0.0833. The molecule has 0 radical (unpaired) electrons. The normalized spacial score (nSPS) is 10.1. The fourth-order valence-corrected chi connectivity index (χ4v) is 1.47. The summed E-state index contributed by atoms with van der Waals surface area (Å²) in [6.07, 6.45) is 2.04. The van der Waals surface area contributed by atoms with Crippen LogP contribution >= 0.6 is 0 Å². The molecule has 0 amide bonds. The van der Waals surface area contributed by atoms with E-state index in [0.29, 0.717) is 0 Å². The monoisotopic (exact) mass is 246 g/mol. The summed E-state index contributed by atoms with van der Waals surface area (Å²) in [7, 11) is 0. The van der Waals surface area contributed by atoms with E-state index in [0.717, 1.165) is 18.1 Å². The molecule has 0 saturated heterocycles. The smallest absolute Gasteiger partial charge is 0.225 e. The highest BCUT2D eigenvalue weighted by molar-refractivity contribution is 5.88. The lowest BCUT2D eigenvalue weighted by atomic mass is 10.2. The van der Waals surface area contributed by atoms with E-state index in [1.54, 1.807) is 19.1 Å². The number of hydrogen-bond donors (Lipinski definition) is 3. The van der Waals surface area contributed by atoms with Crippen molar-refractivity contribution in [1.29, 1.82) is 5.41 Å². The standard InChI is InChI=1S/C12H11FN4O/c1-7-2-3-10(9(13)4-7)17-11-8(5-14)12(18)16-6-15-11/h2-6,14H,1H3,(H2,15,16,17,18). The molecule has 1 heterocycles. The quantitative estimate of drug-likeness (QED) is 0.726. The molecule has 92 valence electrons. The molecule has 0 fully saturated rings. The SMILES string of the molecule is Cc1ccc(Nc2ncnc(O)c2C=N)c(F)c1. The van der Waals surface area contributed by atoms with Crippen LogP contribution in [0.5, 0.6) is 5.88 Å². The van der Waals surface area contributed by atoms with Gasteiger partial charge in [0.05, 0.1) is 11.3 Å². The zero-order valence-electron chi connectivity index (χ0n) is 9.61. The number of nitrogens with one attached hydrogen (secondary N) is 2. The molecule has 0 atom stereocenters. The average Bonchev–Trinajstić information content (AvgIpc) is 2.33. The van der Waals surface area contributed by atoms with E-state index >= 15 is 0 Å². The number of rotatable bonds is 3. The second-order valence-corrected chi connectivity index (χ2v) is 3.71. The molecule has 1 aromatic carbocycles. The molecule has 2 rings (SSSR count). The molecule has 0 saturated carbocycles. The molecule has 2 aromatic rings. The number of benzene rings is 1. The highest BCUT2D eigenvalue weighted by Gasteiger charge is 2.10. The summed E-state index contributed by atoms with van der Waals surface area (Å²) in [6.45, 7) is 1.78. The highest BCUT2D eigenvalue weighted by Crippen LogP contribution is 2.24. The van der Waals surface area contributed by atoms with Gasteiger partial charge >= 0.3 is 0 Å². The average molecular weight is 246 g/mol. The molecular formula is C12H11FN4O. The van der Waals surface area contributed by atoms with Gasteiger partial charge < -0.3 is 15.8 Å². The van der Waals surface area contributed by atoms with Crippen LogP contribution in [0.4, 0.5) is 15.9 Å². The maximum atomic E-state index is 13.6. The van der Waals surface area contributed by atoms with Crippen molar-refractivity contribution < 1.29 is 9.50 Å². The summed E-state index contributed by atoms with van der Waals surface area (Å²) in [5.74, 6) is -0.570. The molecule has 0 aliphatic carbocycles. The summed E-state index contributed by atoms with van der Waals surface area (Å²) >= 11 is 0. The lowest BCUT2D eigenvalue weighted by Gasteiger charge is -2.09. The van der Waals surface area contributed by atoms with E-state index in [1.807, 2.05) is 0 Å². The van der Waals surface area contributed by atoms with Crippen LogP contribution in [0.15, 0.2) is 24.5 Å². The van der Waals surface area contributed by atoms with Gasteiger partial charge in [0.15, 0.2) is 0 Å². The zero-order chi connectivity index (χ0) is 13.1. The molecule has 3 N–H and O–H groups in total. The van der Waals surface area contributed by atoms with Crippen molar-refractivity contribution >= 4 is 17.7 Å². The minimum absolute atomic E-state index is 0.109. The van der Waals surface area contributed by atoms with Crippen molar-refractivity contribution in [2.24, 2.45) is 0 Å². The third kappa shape index (κ3) is 2.27. The second kappa shape index (κ2) is 4.79. The predicted molar refractivity (Wildman–Crippen MR) is 66.0 cm³/mol. The van der Waals surface area contributed by atoms with Crippen molar-refractivity contribution in [2.45, 2.75) is 6.92 Å². The van der Waals surface area contributed by atoms with Crippen LogP contribution in [0.2, 0.25) is 0 Å². The predicted octanol–water partition coefficient (Wildman–Crippen LogP) is 2.37. The van der Waals surface area contributed by atoms with Crippen molar-refractivity contribution in [2.75, 3.05) is 5.32 Å². The third-order valence-electron chi connectivity index (χ3n) is 2.38. The molecule has 1 aromatic heterocycles. The summed E-state index contributed by atoms with van der Waals surface area (Å²) in [4.78, 5) is 7.42. The topological polar surface area (TPSA) is 81.9 Å². The molecule has 18 heavy (non-hydrogen) atoms. The molecule has 0 aliphatic rings. The summed E-state index contributed by atoms with van der Waals surface area (Å²) in [5.41, 5.74) is 1.13. The van der Waals surface area contributed by atoms with Crippen LogP contribution in [0.3, 0.4) is 0 Å². The summed E-state index contributed by atoms with van der Waals surface area (Å²) < 4.78 is 13.6. The van der Waals surface area contributed by atoms with Gasteiger partial charge in [-0.2, -0.15) is 0 Å². The fourth-order valence-electron chi connectivity index (χ4n) is 1.47. The van der Waals surface area contributed by atoms with Crippen LogP contribution in [-0.2, 0) is 0 Å². The van der Waals surface area contributed by atoms with Crippen molar-refractivity contribution in [1.82, 2.24) is 9.97 Å². The number of nitrogens with zero attached hydrogens (tertiary/aromatic N) is 2. The second-order valence-electron chi connectivity index (χ2n) is 3.71. The van der Waals surface area contributed by atoms with Gasteiger partial charge in [-0.3, -0.25) is 0 Å². The summed E-state index contributed by atoms with van der Waals surface area (Å²) in [5, 5.41) is 19.3. The Labute approximate surface area is 103 Å². The van der Waals surface area contributed by atoms with Gasteiger partial charge in [-0.25, -0.2) is 14.4 Å². The van der Waals surface area contributed by atoms with Gasteiger partial charge in [0.25, 0.3) is 0 Å². The van der Waals surface area contributed by atoms with Crippen LogP contribution in [0, 0.1) is 18.2 Å². The maximum Gasteiger partial charge on any atom is 0.225 e. The Kier molecular flexibility index (Phi) is 3.18. The number of aromatic hydroxyl groups is 1. The van der Waals surface area contributed by atoms with Crippen molar-refractivity contribution in [3.63, 3.8) is 0 Å². The Morgan fingerprint density at radius 2 is 2.17 bits per heavy atom. The van der Waals surface area contributed by atoms with E-state index < -0.39 is 5.82 Å². The molecule has 5 nitrogen and oxygen atoms in total. The van der Waals surface area contributed by atoms with E-state index in [-0.39, 0.29) is 22.9 Å². The molecule has 0 unspecified atom stereocenters.